The number of nitrogens with zero attached hydrogens (tertiary/aromatic N) is 3. The first-order chi connectivity index (χ1) is 12.1. The lowest BCUT2D eigenvalue weighted by atomic mass is 10.2. The molecule has 1 aromatic carbocycles. The lowest BCUT2D eigenvalue weighted by Crippen LogP contribution is -2.15. The maximum absolute atomic E-state index is 12.2. The zero-order chi connectivity index (χ0) is 17.8. The van der Waals surface area contributed by atoms with Crippen molar-refractivity contribution >= 4 is 51.1 Å². The molecule has 3 rings (SSSR count). The standard InChI is InChI=1S/C16H14BrClN4O2S/c1-2-22-15(19-14(23)12-7-8-13(17)24-12)20-21-16(22)25-9-10-5-3-4-6-11(10)18/h3-8H,2,9H2,1H3,(H,19,20,23). The molecular formula is C16H14BrClN4O2S. The first-order valence-corrected chi connectivity index (χ1v) is 9.60. The Morgan fingerprint density at radius 2 is 2.12 bits per heavy atom. The van der Waals surface area contributed by atoms with Gasteiger partial charge < -0.3 is 4.42 Å². The molecule has 2 heterocycles. The number of anilines is 1. The smallest absolute Gasteiger partial charge is 0.293 e. The highest BCUT2D eigenvalue weighted by Crippen LogP contribution is 2.27. The third-order valence-corrected chi connectivity index (χ3v) is 5.18. The third-order valence-electron chi connectivity index (χ3n) is 3.37. The molecular weight excluding hydrogens is 428 g/mol. The number of hydrogen-bond donors (Lipinski definition) is 1. The quantitative estimate of drug-likeness (QED) is 0.553. The zero-order valence-electron chi connectivity index (χ0n) is 13.2. The molecule has 0 fully saturated rings. The maximum atomic E-state index is 12.2. The summed E-state index contributed by atoms with van der Waals surface area (Å²) in [5, 5.41) is 12.4. The van der Waals surface area contributed by atoms with Gasteiger partial charge in [0.05, 0.1) is 0 Å². The predicted molar refractivity (Wildman–Crippen MR) is 101 cm³/mol. The highest BCUT2D eigenvalue weighted by Gasteiger charge is 2.17. The van der Waals surface area contributed by atoms with E-state index in [1.807, 2.05) is 35.8 Å². The first kappa shape index (κ1) is 18.0. The van der Waals surface area contributed by atoms with Crippen LogP contribution in [0.25, 0.3) is 0 Å². The fourth-order valence-electron chi connectivity index (χ4n) is 2.13. The van der Waals surface area contributed by atoms with Gasteiger partial charge in [-0.2, -0.15) is 0 Å². The van der Waals surface area contributed by atoms with Gasteiger partial charge >= 0.3 is 0 Å². The van der Waals surface area contributed by atoms with Gasteiger partial charge in [0.1, 0.15) is 0 Å². The second kappa shape index (κ2) is 8.07. The molecule has 0 unspecified atom stereocenters. The average Bonchev–Trinajstić information content (AvgIpc) is 3.20. The Balaban J connectivity index is 1.72. The summed E-state index contributed by atoms with van der Waals surface area (Å²) >= 11 is 10.9. The normalized spacial score (nSPS) is 10.8. The number of benzene rings is 1. The van der Waals surface area contributed by atoms with Crippen LogP contribution in [-0.2, 0) is 12.3 Å². The molecule has 3 aromatic rings. The molecule has 0 atom stereocenters. The van der Waals surface area contributed by atoms with E-state index in [9.17, 15) is 4.79 Å². The summed E-state index contributed by atoms with van der Waals surface area (Å²) in [5.74, 6) is 0.858. The zero-order valence-corrected chi connectivity index (χ0v) is 16.4. The van der Waals surface area contributed by atoms with Crippen LogP contribution in [0.2, 0.25) is 5.02 Å². The molecule has 1 amide bonds. The lowest BCUT2D eigenvalue weighted by Gasteiger charge is -2.08. The van der Waals surface area contributed by atoms with Crippen LogP contribution >= 0.6 is 39.3 Å². The van der Waals surface area contributed by atoms with Crippen LogP contribution in [0.15, 0.2) is 50.6 Å². The van der Waals surface area contributed by atoms with Crippen LogP contribution in [0.5, 0.6) is 0 Å². The topological polar surface area (TPSA) is 73.0 Å². The molecule has 130 valence electrons. The van der Waals surface area contributed by atoms with Crippen LogP contribution < -0.4 is 5.32 Å². The number of furan rings is 1. The van der Waals surface area contributed by atoms with Crippen molar-refractivity contribution in [1.29, 1.82) is 0 Å². The van der Waals surface area contributed by atoms with E-state index in [0.717, 1.165) is 10.6 Å². The number of halogens is 2. The number of aromatic nitrogens is 3. The van der Waals surface area contributed by atoms with E-state index >= 15 is 0 Å². The van der Waals surface area contributed by atoms with E-state index in [-0.39, 0.29) is 11.7 Å². The molecule has 0 aliphatic rings. The van der Waals surface area contributed by atoms with Gasteiger partial charge in [0.25, 0.3) is 5.91 Å². The van der Waals surface area contributed by atoms with E-state index in [0.29, 0.717) is 28.1 Å². The second-order valence-corrected chi connectivity index (χ2v) is 7.12. The third kappa shape index (κ3) is 4.26. The molecule has 0 aliphatic carbocycles. The Kier molecular flexibility index (Phi) is 5.82. The Morgan fingerprint density at radius 1 is 1.32 bits per heavy atom. The van der Waals surface area contributed by atoms with Gasteiger partial charge in [-0.25, -0.2) is 0 Å². The largest absolute Gasteiger partial charge is 0.444 e. The van der Waals surface area contributed by atoms with Crippen molar-refractivity contribution in [3.05, 3.63) is 57.4 Å². The minimum absolute atomic E-state index is 0.197. The summed E-state index contributed by atoms with van der Waals surface area (Å²) in [6.07, 6.45) is 0. The van der Waals surface area contributed by atoms with E-state index in [4.69, 9.17) is 16.0 Å². The molecule has 9 heteroatoms. The Labute approximate surface area is 162 Å². The van der Waals surface area contributed by atoms with Crippen molar-refractivity contribution < 1.29 is 9.21 Å². The number of nitrogens with one attached hydrogen (secondary N) is 1. The van der Waals surface area contributed by atoms with Crippen molar-refractivity contribution in [1.82, 2.24) is 14.8 Å². The molecule has 6 nitrogen and oxygen atoms in total. The summed E-state index contributed by atoms with van der Waals surface area (Å²) in [6, 6.07) is 10.9. The average molecular weight is 442 g/mol. The summed E-state index contributed by atoms with van der Waals surface area (Å²) < 4.78 is 7.57. The first-order valence-electron chi connectivity index (χ1n) is 7.44. The number of carbonyl (C=O) groups is 1. The fraction of sp³-hybridized carbons (Fsp3) is 0.188. The van der Waals surface area contributed by atoms with Gasteiger partial charge in [0.2, 0.25) is 5.95 Å². The fourth-order valence-corrected chi connectivity index (χ4v) is 3.72. The van der Waals surface area contributed by atoms with E-state index in [1.165, 1.54) is 11.8 Å². The lowest BCUT2D eigenvalue weighted by molar-refractivity contribution is 0.0994. The molecule has 0 aliphatic heterocycles. The van der Waals surface area contributed by atoms with Crippen LogP contribution in [0.1, 0.15) is 23.0 Å². The van der Waals surface area contributed by atoms with E-state index < -0.39 is 0 Å². The number of rotatable bonds is 6. The maximum Gasteiger partial charge on any atom is 0.293 e. The Hall–Kier alpha value is -1.77. The van der Waals surface area contributed by atoms with Gasteiger partial charge in [-0.05, 0) is 46.6 Å². The molecule has 0 bridgehead atoms. The van der Waals surface area contributed by atoms with Crippen molar-refractivity contribution in [2.45, 2.75) is 24.4 Å². The molecule has 0 spiro atoms. The summed E-state index contributed by atoms with van der Waals surface area (Å²) in [7, 11) is 0. The van der Waals surface area contributed by atoms with Crippen molar-refractivity contribution in [3.8, 4) is 0 Å². The number of carbonyl (C=O) groups excluding carboxylic acids is 1. The molecule has 0 saturated heterocycles. The van der Waals surface area contributed by atoms with E-state index in [2.05, 4.69) is 31.4 Å². The Morgan fingerprint density at radius 3 is 2.80 bits per heavy atom. The minimum atomic E-state index is -0.379. The van der Waals surface area contributed by atoms with Gasteiger partial charge in [-0.1, -0.05) is 41.6 Å². The number of thioether (sulfide) groups is 1. The van der Waals surface area contributed by atoms with E-state index in [1.54, 1.807) is 12.1 Å². The Bertz CT molecular complexity index is 896. The van der Waals surface area contributed by atoms with Crippen LogP contribution in [0.4, 0.5) is 5.95 Å². The number of amides is 1. The summed E-state index contributed by atoms with van der Waals surface area (Å²) in [6.45, 7) is 2.58. The van der Waals surface area contributed by atoms with Crippen LogP contribution in [0, 0.1) is 0 Å². The number of hydrogen-bond acceptors (Lipinski definition) is 5. The second-order valence-electron chi connectivity index (χ2n) is 4.99. The van der Waals surface area contributed by atoms with Gasteiger partial charge in [-0.15, -0.1) is 10.2 Å². The SMILES string of the molecule is CCn1c(NC(=O)c2ccc(Br)o2)nnc1SCc1ccccc1Cl. The molecule has 0 radical (unpaired) electrons. The van der Waals surface area contributed by atoms with Gasteiger partial charge in [0.15, 0.2) is 15.6 Å². The molecule has 1 N–H and O–H groups in total. The van der Waals surface area contributed by atoms with Crippen molar-refractivity contribution in [2.24, 2.45) is 0 Å². The van der Waals surface area contributed by atoms with Gasteiger partial charge in [0, 0.05) is 17.3 Å². The van der Waals surface area contributed by atoms with Crippen LogP contribution in [0.3, 0.4) is 0 Å². The van der Waals surface area contributed by atoms with Crippen molar-refractivity contribution in [2.75, 3.05) is 5.32 Å². The van der Waals surface area contributed by atoms with Crippen molar-refractivity contribution in [3.63, 3.8) is 0 Å². The highest BCUT2D eigenvalue weighted by atomic mass is 79.9. The molecule has 25 heavy (non-hydrogen) atoms. The highest BCUT2D eigenvalue weighted by molar-refractivity contribution is 9.10. The summed E-state index contributed by atoms with van der Waals surface area (Å²) in [5.41, 5.74) is 1.02. The predicted octanol–water partition coefficient (Wildman–Crippen LogP) is 4.85. The monoisotopic (exact) mass is 440 g/mol. The summed E-state index contributed by atoms with van der Waals surface area (Å²) in [4.78, 5) is 12.2. The van der Waals surface area contributed by atoms with Crippen LogP contribution in [-0.4, -0.2) is 20.7 Å². The van der Waals surface area contributed by atoms with Gasteiger partial charge in [-0.3, -0.25) is 14.7 Å². The molecule has 2 aromatic heterocycles. The minimum Gasteiger partial charge on any atom is -0.444 e. The molecule has 0 saturated carbocycles.